The third-order valence-corrected chi connectivity index (χ3v) is 8.09. The Morgan fingerprint density at radius 1 is 1.29 bits per heavy atom. The van der Waals surface area contributed by atoms with Crippen molar-refractivity contribution >= 4 is 53.7 Å². The molecule has 1 aromatic heterocycles. The van der Waals surface area contributed by atoms with Crippen LogP contribution >= 0.6 is 23.5 Å². The fraction of sp³-hybridized carbons (Fsp3) is 0.333. The van der Waals surface area contributed by atoms with E-state index < -0.39 is 47.0 Å². The summed E-state index contributed by atoms with van der Waals surface area (Å²) in [6, 6.07) is 7.44. The number of β-lactam (4-membered cyclic amide) rings is 1. The second kappa shape index (κ2) is 12.6. The summed E-state index contributed by atoms with van der Waals surface area (Å²) in [6.07, 6.45) is -4.79. The predicted octanol–water partition coefficient (Wildman–Crippen LogP) is -0.552. The van der Waals surface area contributed by atoms with E-state index in [1.807, 2.05) is 0 Å². The number of aryl methyl sites for hydroxylation is 1. The third kappa shape index (κ3) is 6.60. The number of alkyl halides is 3. The van der Waals surface area contributed by atoms with E-state index in [1.165, 1.54) is 28.2 Å². The van der Waals surface area contributed by atoms with Gasteiger partial charge in [0.05, 0.1) is 0 Å². The molecule has 220 valence electrons. The molecule has 3 atom stereocenters. The van der Waals surface area contributed by atoms with Crippen molar-refractivity contribution in [3.63, 3.8) is 0 Å². The monoisotopic (exact) mass is 618 g/mol. The molecule has 1 unspecified atom stereocenters. The molecule has 15 nitrogen and oxygen atoms in total. The highest BCUT2D eigenvalue weighted by Gasteiger charge is 2.66. The van der Waals surface area contributed by atoms with E-state index in [0.717, 1.165) is 4.90 Å². The van der Waals surface area contributed by atoms with Gasteiger partial charge < -0.3 is 26.6 Å². The molecule has 3 amide bonds. The first-order valence-electron chi connectivity index (χ1n) is 11.1. The van der Waals surface area contributed by atoms with Crippen molar-refractivity contribution in [1.29, 1.82) is 0 Å². The van der Waals surface area contributed by atoms with Gasteiger partial charge in [-0.3, -0.25) is 19.3 Å². The van der Waals surface area contributed by atoms with Crippen molar-refractivity contribution in [1.82, 2.24) is 35.7 Å². The number of carbonyl (C=O) groups excluding carboxylic acids is 3. The maximum Gasteiger partial charge on any atom is 0.490 e. The second-order valence-corrected chi connectivity index (χ2v) is 10.2. The zero-order valence-electron chi connectivity index (χ0n) is 20.7. The molecule has 1 aromatic carbocycles. The summed E-state index contributed by atoms with van der Waals surface area (Å²) in [6.45, 7) is 0. The molecular weight excluding hydrogens is 597 g/mol. The number of thioether (sulfide) groups is 2. The van der Waals surface area contributed by atoms with Crippen LogP contribution in [-0.2, 0) is 31.0 Å². The van der Waals surface area contributed by atoms with Gasteiger partial charge in [0.15, 0.2) is 0 Å². The number of hydrogen-bond acceptors (Lipinski definition) is 11. The highest BCUT2D eigenvalue weighted by atomic mass is 32.2. The summed E-state index contributed by atoms with van der Waals surface area (Å²) in [5.41, 5.74) is 5.04. The molecular formula is C21H21F3N8O7S2. The van der Waals surface area contributed by atoms with Crippen LogP contribution in [0.15, 0.2) is 46.8 Å². The molecule has 0 spiro atoms. The largest absolute Gasteiger partial charge is 0.490 e. The zero-order valence-corrected chi connectivity index (χ0v) is 22.4. The number of nitrogens with one attached hydrogen (secondary N) is 2. The fourth-order valence-corrected chi connectivity index (χ4v) is 6.10. The Labute approximate surface area is 236 Å². The average Bonchev–Trinajstić information content (AvgIpc) is 3.34. The molecule has 0 saturated carbocycles. The Balaban J connectivity index is 0.000000587. The molecule has 2 aromatic rings. The Bertz CT molecular complexity index is 1370. The lowest BCUT2D eigenvalue weighted by Gasteiger charge is -2.56. The average molecular weight is 619 g/mol. The van der Waals surface area contributed by atoms with E-state index >= 15 is 0 Å². The van der Waals surface area contributed by atoms with Crippen LogP contribution in [0.4, 0.5) is 13.2 Å². The van der Waals surface area contributed by atoms with E-state index in [0.29, 0.717) is 22.7 Å². The fourth-order valence-electron chi connectivity index (χ4n) is 3.69. The number of tetrazole rings is 1. The van der Waals surface area contributed by atoms with Gasteiger partial charge in [-0.25, -0.2) is 14.3 Å². The second-order valence-electron chi connectivity index (χ2n) is 8.22. The third-order valence-electron chi connectivity index (χ3n) is 5.60. The normalized spacial score (nSPS) is 20.6. The quantitative estimate of drug-likeness (QED) is 0.103. The van der Waals surface area contributed by atoms with Gasteiger partial charge in [-0.1, -0.05) is 42.1 Å². The van der Waals surface area contributed by atoms with Crippen LogP contribution in [0.25, 0.3) is 0 Å². The van der Waals surface area contributed by atoms with Crippen molar-refractivity contribution in [2.24, 2.45) is 12.8 Å². The summed E-state index contributed by atoms with van der Waals surface area (Å²) in [5, 5.41) is 32.7. The topological polar surface area (TPSA) is 223 Å². The molecule has 0 radical (unpaired) electrons. The molecule has 3 heterocycles. The smallest absolute Gasteiger partial charge is 0.477 e. The van der Waals surface area contributed by atoms with Gasteiger partial charge in [-0.15, -0.1) is 16.9 Å². The number of rotatable bonds is 9. The van der Waals surface area contributed by atoms with E-state index in [4.69, 9.17) is 15.6 Å². The number of carboxylic acid groups (broad SMARTS) is 2. The van der Waals surface area contributed by atoms with Gasteiger partial charge >= 0.3 is 18.1 Å². The van der Waals surface area contributed by atoms with Crippen molar-refractivity contribution in [2.45, 2.75) is 28.4 Å². The highest BCUT2D eigenvalue weighted by Crippen LogP contribution is 2.45. The van der Waals surface area contributed by atoms with Crippen LogP contribution in [-0.4, -0.2) is 94.2 Å². The number of amides is 3. The van der Waals surface area contributed by atoms with Gasteiger partial charge in [0.1, 0.15) is 17.1 Å². The van der Waals surface area contributed by atoms with Crippen LogP contribution in [0.1, 0.15) is 11.6 Å². The van der Waals surface area contributed by atoms with Crippen molar-refractivity contribution in [3.8, 4) is 0 Å². The molecule has 4 rings (SSSR count). The number of carbonyl (C=O) groups is 5. The summed E-state index contributed by atoms with van der Waals surface area (Å²) >= 11 is 2.45. The first-order valence-corrected chi connectivity index (χ1v) is 13.2. The van der Waals surface area contributed by atoms with Gasteiger partial charge in [0, 0.05) is 18.6 Å². The molecule has 0 bridgehead atoms. The minimum absolute atomic E-state index is 0.193. The molecule has 6 N–H and O–H groups in total. The summed E-state index contributed by atoms with van der Waals surface area (Å²) in [5.74, 6) is -5.03. The van der Waals surface area contributed by atoms with Gasteiger partial charge in [-0.05, 0) is 21.6 Å². The molecule has 2 aliphatic rings. The standard InChI is InChI=1S/C19H20N8O5S2.C2HF3O2/c1-26-18(23-24-25-26)34-8-11-7-33-17-19(21-9-28,16(32)27(17)13(11)15(30)31)22-14(29)12(20)10-5-3-2-4-6-10;3-2(4,5)1(6)7/h2-6,9,12,17H,7-8,20H2,1H3,(H,21,28)(H,22,29)(H,30,31);(H,6,7)/t12?,17-,19-;/m1./s1. The summed E-state index contributed by atoms with van der Waals surface area (Å²) in [4.78, 5) is 59.6. The van der Waals surface area contributed by atoms with Crippen molar-refractivity contribution in [3.05, 3.63) is 47.2 Å². The lowest BCUT2D eigenvalue weighted by Crippen LogP contribution is -2.85. The lowest BCUT2D eigenvalue weighted by atomic mass is 9.94. The summed E-state index contributed by atoms with van der Waals surface area (Å²) < 4.78 is 33.2. The van der Waals surface area contributed by atoms with Gasteiger partial charge in [0.25, 0.3) is 5.91 Å². The number of nitrogens with two attached hydrogens (primary N) is 1. The van der Waals surface area contributed by atoms with Crippen molar-refractivity contribution < 1.29 is 47.4 Å². The van der Waals surface area contributed by atoms with E-state index in [9.17, 15) is 37.5 Å². The Hall–Kier alpha value is -4.17. The molecule has 1 fully saturated rings. The van der Waals surface area contributed by atoms with Crippen LogP contribution in [0, 0.1) is 0 Å². The van der Waals surface area contributed by atoms with Crippen LogP contribution in [0.3, 0.4) is 0 Å². The number of hydrogen-bond donors (Lipinski definition) is 5. The predicted molar refractivity (Wildman–Crippen MR) is 134 cm³/mol. The number of nitrogens with zero attached hydrogens (tertiary/aromatic N) is 5. The zero-order chi connectivity index (χ0) is 30.5. The minimum Gasteiger partial charge on any atom is -0.477 e. The number of halogens is 3. The van der Waals surface area contributed by atoms with Crippen molar-refractivity contribution in [2.75, 3.05) is 11.5 Å². The number of fused-ring (bicyclic) bond motifs is 1. The Morgan fingerprint density at radius 2 is 1.93 bits per heavy atom. The number of aromatic nitrogens is 4. The van der Waals surface area contributed by atoms with Crippen LogP contribution in [0.2, 0.25) is 0 Å². The first kappa shape index (κ1) is 31.4. The van der Waals surface area contributed by atoms with Gasteiger partial charge in [-0.2, -0.15) is 13.2 Å². The Morgan fingerprint density at radius 3 is 2.44 bits per heavy atom. The number of carboxylic acids is 2. The van der Waals surface area contributed by atoms with Crippen LogP contribution in [0.5, 0.6) is 0 Å². The molecule has 0 aliphatic carbocycles. The molecule has 2 aliphatic heterocycles. The SMILES string of the molecule is Cn1nnnc1SCC1=C(C(=O)O)N2C(=O)[C@@](NC=O)(NC(=O)C(N)c3ccccc3)[C@H]2SC1.O=C(O)C(F)(F)F. The Kier molecular flexibility index (Phi) is 9.61. The minimum atomic E-state index is -5.08. The molecule has 20 heteroatoms. The number of aliphatic carboxylic acids is 2. The summed E-state index contributed by atoms with van der Waals surface area (Å²) in [7, 11) is 1.65. The first-order chi connectivity index (χ1) is 19.2. The lowest BCUT2D eigenvalue weighted by molar-refractivity contribution is -0.192. The maximum absolute atomic E-state index is 13.2. The maximum atomic E-state index is 13.2. The van der Waals surface area contributed by atoms with E-state index in [1.54, 1.807) is 37.4 Å². The number of benzene rings is 1. The van der Waals surface area contributed by atoms with E-state index in [-0.39, 0.29) is 17.2 Å². The highest BCUT2D eigenvalue weighted by molar-refractivity contribution is 8.01. The van der Waals surface area contributed by atoms with E-state index in [2.05, 4.69) is 26.2 Å². The van der Waals surface area contributed by atoms with Crippen LogP contribution < -0.4 is 16.4 Å². The molecule has 41 heavy (non-hydrogen) atoms. The molecule has 1 saturated heterocycles. The van der Waals surface area contributed by atoms with Gasteiger partial charge in [0.2, 0.25) is 23.1 Å².